The molecule has 1 aliphatic heterocycles. The number of carbonyl (C=O) groups excluding carboxylic acids is 1. The standard InChI is InChI=1S/C15H15ClN2O5S/c1-17-10(14(21)18(2)15(17)24)5-8-4-9(16)13(11(6-8)22-3)23-7-12(19)20/h4-6H,7H2,1-3H3,(H,19,20)/b10-5-. The van der Waals surface area contributed by atoms with Crippen LogP contribution in [0.1, 0.15) is 5.56 Å². The zero-order valence-corrected chi connectivity index (χ0v) is 14.8. The number of nitrogens with zero attached hydrogens (tertiary/aromatic N) is 2. The van der Waals surface area contributed by atoms with Crippen molar-refractivity contribution in [3.05, 3.63) is 28.4 Å². The van der Waals surface area contributed by atoms with Gasteiger partial charge in [0, 0.05) is 14.1 Å². The molecule has 2 rings (SSSR count). The molecule has 1 N–H and O–H groups in total. The van der Waals surface area contributed by atoms with Gasteiger partial charge in [-0.25, -0.2) is 4.79 Å². The smallest absolute Gasteiger partial charge is 0.341 e. The number of likely N-dealkylation sites (N-methyl/N-ethyl adjacent to an activating group) is 2. The normalized spacial score (nSPS) is 16.1. The highest BCUT2D eigenvalue weighted by Gasteiger charge is 2.32. The number of hydrogen-bond donors (Lipinski definition) is 1. The number of carbonyl (C=O) groups is 2. The maximum absolute atomic E-state index is 12.2. The summed E-state index contributed by atoms with van der Waals surface area (Å²) in [5, 5.41) is 9.27. The second-order valence-electron chi connectivity index (χ2n) is 4.95. The number of hydrogen-bond acceptors (Lipinski definition) is 5. The number of methoxy groups -OCH3 is 1. The zero-order valence-electron chi connectivity index (χ0n) is 13.2. The summed E-state index contributed by atoms with van der Waals surface area (Å²) in [4.78, 5) is 25.8. The summed E-state index contributed by atoms with van der Waals surface area (Å²) in [6, 6.07) is 3.15. The van der Waals surface area contributed by atoms with Crippen LogP contribution < -0.4 is 9.47 Å². The third kappa shape index (κ3) is 3.44. The highest BCUT2D eigenvalue weighted by Crippen LogP contribution is 2.37. The van der Waals surface area contributed by atoms with Crippen molar-refractivity contribution in [1.82, 2.24) is 9.80 Å². The summed E-state index contributed by atoms with van der Waals surface area (Å²) in [6.45, 7) is -0.545. The number of carboxylic acid groups (broad SMARTS) is 1. The predicted octanol–water partition coefficient (Wildman–Crippen LogP) is 1.84. The number of carboxylic acids is 1. The predicted molar refractivity (Wildman–Crippen MR) is 92.2 cm³/mol. The van der Waals surface area contributed by atoms with Gasteiger partial charge in [0.2, 0.25) is 0 Å². The number of amides is 1. The van der Waals surface area contributed by atoms with Crippen molar-refractivity contribution in [2.45, 2.75) is 0 Å². The van der Waals surface area contributed by atoms with Crippen molar-refractivity contribution in [2.24, 2.45) is 0 Å². The molecule has 1 aromatic carbocycles. The molecule has 9 heteroatoms. The fourth-order valence-electron chi connectivity index (χ4n) is 2.14. The molecule has 1 aromatic rings. The molecule has 0 radical (unpaired) electrons. The molecule has 1 amide bonds. The van der Waals surface area contributed by atoms with Gasteiger partial charge in [0.25, 0.3) is 5.91 Å². The molecular formula is C15H15ClN2O5S. The second-order valence-corrected chi connectivity index (χ2v) is 5.72. The minimum absolute atomic E-state index is 0.127. The van der Waals surface area contributed by atoms with E-state index in [1.165, 1.54) is 12.0 Å². The van der Waals surface area contributed by atoms with Crippen LogP contribution in [0, 0.1) is 0 Å². The third-order valence-electron chi connectivity index (χ3n) is 3.35. The van der Waals surface area contributed by atoms with Crippen molar-refractivity contribution in [2.75, 3.05) is 27.8 Å². The monoisotopic (exact) mass is 370 g/mol. The highest BCUT2D eigenvalue weighted by atomic mass is 35.5. The largest absolute Gasteiger partial charge is 0.493 e. The molecule has 24 heavy (non-hydrogen) atoms. The Hall–Kier alpha value is -2.32. The van der Waals surface area contributed by atoms with Crippen molar-refractivity contribution in [3.63, 3.8) is 0 Å². The number of aliphatic carboxylic acids is 1. The van der Waals surface area contributed by atoms with Crippen LogP contribution in [0.3, 0.4) is 0 Å². The molecule has 0 spiro atoms. The number of halogens is 1. The molecule has 1 saturated heterocycles. The average Bonchev–Trinajstić information content (AvgIpc) is 2.71. The Morgan fingerprint density at radius 2 is 2.04 bits per heavy atom. The van der Waals surface area contributed by atoms with Crippen LogP contribution in [0.4, 0.5) is 0 Å². The zero-order chi connectivity index (χ0) is 18.0. The Bertz CT molecular complexity index is 750. The quantitative estimate of drug-likeness (QED) is 0.625. The summed E-state index contributed by atoms with van der Waals surface area (Å²) >= 11 is 11.3. The second kappa shape index (κ2) is 7.06. The minimum Gasteiger partial charge on any atom is -0.493 e. The Morgan fingerprint density at radius 1 is 1.38 bits per heavy atom. The number of benzene rings is 1. The van der Waals surface area contributed by atoms with E-state index in [0.29, 0.717) is 16.4 Å². The minimum atomic E-state index is -1.13. The van der Waals surface area contributed by atoms with Crippen LogP contribution in [-0.4, -0.2) is 59.7 Å². The van der Waals surface area contributed by atoms with Gasteiger partial charge in [-0.15, -0.1) is 0 Å². The lowest BCUT2D eigenvalue weighted by molar-refractivity contribution is -0.139. The summed E-state index contributed by atoms with van der Waals surface area (Å²) in [6.07, 6.45) is 1.62. The van der Waals surface area contributed by atoms with Gasteiger partial charge in [0.15, 0.2) is 23.2 Å². The molecule has 0 bridgehead atoms. The topological polar surface area (TPSA) is 79.3 Å². The molecule has 1 heterocycles. The van der Waals surface area contributed by atoms with E-state index < -0.39 is 12.6 Å². The molecule has 7 nitrogen and oxygen atoms in total. The first-order valence-electron chi connectivity index (χ1n) is 6.75. The summed E-state index contributed by atoms with van der Waals surface area (Å²) in [5.74, 6) is -0.972. The van der Waals surface area contributed by atoms with Gasteiger partial charge < -0.3 is 19.5 Å². The SMILES string of the molecule is COc1cc(/C=C2/C(=O)N(C)C(=S)N2C)cc(Cl)c1OCC(=O)O. The fraction of sp³-hybridized carbons (Fsp3) is 0.267. The lowest BCUT2D eigenvalue weighted by Gasteiger charge is -2.13. The van der Waals surface area contributed by atoms with E-state index in [4.69, 9.17) is 38.4 Å². The molecule has 0 aliphatic carbocycles. The third-order valence-corrected chi connectivity index (χ3v) is 4.18. The van der Waals surface area contributed by atoms with Crippen LogP contribution in [0.15, 0.2) is 17.8 Å². The van der Waals surface area contributed by atoms with Gasteiger partial charge in [0.05, 0.1) is 12.1 Å². The summed E-state index contributed by atoms with van der Waals surface area (Å²) in [7, 11) is 4.70. The van der Waals surface area contributed by atoms with E-state index >= 15 is 0 Å². The summed E-state index contributed by atoms with van der Waals surface area (Å²) < 4.78 is 10.3. The Kier molecular flexibility index (Phi) is 5.30. The lowest BCUT2D eigenvalue weighted by Crippen LogP contribution is -2.26. The first-order chi connectivity index (χ1) is 11.3. The van der Waals surface area contributed by atoms with E-state index in [0.717, 1.165) is 0 Å². The highest BCUT2D eigenvalue weighted by molar-refractivity contribution is 7.80. The lowest BCUT2D eigenvalue weighted by atomic mass is 10.1. The van der Waals surface area contributed by atoms with Gasteiger partial charge >= 0.3 is 5.97 Å². The molecule has 128 valence electrons. The van der Waals surface area contributed by atoms with Crippen LogP contribution in [0.25, 0.3) is 6.08 Å². The molecule has 0 unspecified atom stereocenters. The Morgan fingerprint density at radius 3 is 2.54 bits per heavy atom. The van der Waals surface area contributed by atoms with E-state index in [2.05, 4.69) is 0 Å². The van der Waals surface area contributed by atoms with Gasteiger partial charge in [-0.1, -0.05) is 11.6 Å². The maximum Gasteiger partial charge on any atom is 0.341 e. The van der Waals surface area contributed by atoms with Crippen molar-refractivity contribution in [1.29, 1.82) is 0 Å². The average molecular weight is 371 g/mol. The van der Waals surface area contributed by atoms with E-state index in [-0.39, 0.29) is 22.4 Å². The molecule has 0 saturated carbocycles. The van der Waals surface area contributed by atoms with E-state index in [9.17, 15) is 9.59 Å². The Labute approximate surface area is 149 Å². The fourth-order valence-corrected chi connectivity index (χ4v) is 2.60. The Balaban J connectivity index is 2.41. The van der Waals surface area contributed by atoms with Crippen LogP contribution in [0.2, 0.25) is 5.02 Å². The molecule has 0 atom stereocenters. The molecule has 1 fully saturated rings. The molecule has 1 aliphatic rings. The van der Waals surface area contributed by atoms with Crippen LogP contribution in [-0.2, 0) is 9.59 Å². The number of thiocarbonyl (C=S) groups is 1. The van der Waals surface area contributed by atoms with Gasteiger partial charge in [-0.05, 0) is 36.0 Å². The van der Waals surface area contributed by atoms with Gasteiger partial charge in [-0.2, -0.15) is 0 Å². The first-order valence-corrected chi connectivity index (χ1v) is 7.54. The van der Waals surface area contributed by atoms with Crippen LogP contribution >= 0.6 is 23.8 Å². The van der Waals surface area contributed by atoms with Crippen LogP contribution in [0.5, 0.6) is 11.5 Å². The van der Waals surface area contributed by atoms with Crippen molar-refractivity contribution < 1.29 is 24.2 Å². The molecule has 0 aromatic heterocycles. The van der Waals surface area contributed by atoms with Crippen molar-refractivity contribution in [3.8, 4) is 11.5 Å². The summed E-state index contributed by atoms with van der Waals surface area (Å²) in [5.41, 5.74) is 0.979. The number of ether oxygens (including phenoxy) is 2. The molecular weight excluding hydrogens is 356 g/mol. The first kappa shape index (κ1) is 18.0. The van der Waals surface area contributed by atoms with E-state index in [1.54, 1.807) is 37.2 Å². The number of rotatable bonds is 5. The van der Waals surface area contributed by atoms with E-state index in [1.807, 2.05) is 0 Å². The van der Waals surface area contributed by atoms with Gasteiger partial charge in [0.1, 0.15) is 5.70 Å². The van der Waals surface area contributed by atoms with Gasteiger partial charge in [-0.3, -0.25) is 9.69 Å². The van der Waals surface area contributed by atoms with Crippen molar-refractivity contribution >= 4 is 46.9 Å². The maximum atomic E-state index is 12.2.